The number of benzene rings is 1. The number of rotatable bonds is 8. The van der Waals surface area contributed by atoms with Crippen LogP contribution in [0.1, 0.15) is 49.6 Å². The van der Waals surface area contributed by atoms with Crippen molar-refractivity contribution in [2.45, 2.75) is 46.0 Å². The number of pyridine rings is 1. The van der Waals surface area contributed by atoms with Gasteiger partial charge in [0.25, 0.3) is 5.56 Å². The number of aromatic amines is 1. The molecule has 1 aromatic carbocycles. The van der Waals surface area contributed by atoms with E-state index in [1.165, 1.54) is 5.56 Å². The Balaban J connectivity index is 1.77. The monoisotopic (exact) mass is 473 g/mol. The van der Waals surface area contributed by atoms with Crippen LogP contribution in [-0.2, 0) is 11.8 Å². The maximum Gasteiger partial charge on any atom is 0.270 e. The standard InChI is InChI=1S/C27H35N7O/c1-18-8-9-19(17-29-18)16-22-24-30-23(20-10-12-21(13-11-20)27(2,3)4)31-26(34(24)32-25(22)35)28-14-7-15-33(5)6/h8-13,17H,7,14-16H2,1-6H3,(H,32,35)(H,28,30,31). The van der Waals surface area contributed by atoms with Crippen molar-refractivity contribution in [3.63, 3.8) is 0 Å². The van der Waals surface area contributed by atoms with Gasteiger partial charge in [0.15, 0.2) is 11.5 Å². The summed E-state index contributed by atoms with van der Waals surface area (Å²) < 4.78 is 1.67. The zero-order valence-corrected chi connectivity index (χ0v) is 21.5. The van der Waals surface area contributed by atoms with Gasteiger partial charge in [0, 0.05) is 30.4 Å². The van der Waals surface area contributed by atoms with Crippen LogP contribution < -0.4 is 10.9 Å². The van der Waals surface area contributed by atoms with Crippen LogP contribution in [-0.4, -0.2) is 56.7 Å². The zero-order chi connectivity index (χ0) is 25.2. The minimum absolute atomic E-state index is 0.0612. The van der Waals surface area contributed by atoms with Crippen molar-refractivity contribution < 1.29 is 0 Å². The van der Waals surface area contributed by atoms with Gasteiger partial charge in [-0.2, -0.15) is 4.98 Å². The lowest BCUT2D eigenvalue weighted by atomic mass is 9.87. The van der Waals surface area contributed by atoms with E-state index in [1.807, 2.05) is 25.3 Å². The highest BCUT2D eigenvalue weighted by molar-refractivity contribution is 5.63. The van der Waals surface area contributed by atoms with Crippen molar-refractivity contribution in [2.75, 3.05) is 32.5 Å². The Morgan fingerprint density at radius 3 is 2.43 bits per heavy atom. The van der Waals surface area contributed by atoms with Gasteiger partial charge in [-0.1, -0.05) is 51.1 Å². The van der Waals surface area contributed by atoms with E-state index < -0.39 is 0 Å². The molecule has 3 heterocycles. The van der Waals surface area contributed by atoms with Gasteiger partial charge in [-0.25, -0.2) is 9.50 Å². The number of H-pyrrole nitrogens is 1. The van der Waals surface area contributed by atoms with E-state index in [0.29, 0.717) is 29.4 Å². The fourth-order valence-corrected chi connectivity index (χ4v) is 3.93. The van der Waals surface area contributed by atoms with Crippen LogP contribution in [0.2, 0.25) is 0 Å². The average Bonchev–Trinajstić information content (AvgIpc) is 3.12. The molecule has 0 saturated carbocycles. The highest BCUT2D eigenvalue weighted by Gasteiger charge is 2.18. The minimum atomic E-state index is -0.170. The summed E-state index contributed by atoms with van der Waals surface area (Å²) in [5.41, 5.74) is 5.13. The van der Waals surface area contributed by atoms with Crippen LogP contribution in [0.25, 0.3) is 17.0 Å². The summed E-state index contributed by atoms with van der Waals surface area (Å²) in [6.07, 6.45) is 3.20. The second kappa shape index (κ2) is 10.00. The molecule has 0 aliphatic carbocycles. The van der Waals surface area contributed by atoms with Crippen molar-refractivity contribution in [3.05, 3.63) is 75.3 Å². The second-order valence-corrected chi connectivity index (χ2v) is 10.3. The maximum atomic E-state index is 13.0. The van der Waals surface area contributed by atoms with Crippen molar-refractivity contribution in [2.24, 2.45) is 0 Å². The lowest BCUT2D eigenvalue weighted by molar-refractivity contribution is 0.405. The normalized spacial score (nSPS) is 12.0. The third-order valence-electron chi connectivity index (χ3n) is 6.03. The number of anilines is 1. The molecule has 0 aliphatic rings. The van der Waals surface area contributed by atoms with E-state index in [9.17, 15) is 4.79 Å². The number of fused-ring (bicyclic) bond motifs is 1. The number of hydrogen-bond acceptors (Lipinski definition) is 6. The molecule has 8 nitrogen and oxygen atoms in total. The number of nitrogens with one attached hydrogen (secondary N) is 2. The molecule has 4 aromatic rings. The van der Waals surface area contributed by atoms with Gasteiger partial charge in [-0.3, -0.25) is 14.9 Å². The lowest BCUT2D eigenvalue weighted by Crippen LogP contribution is -2.18. The molecule has 0 amide bonds. The molecule has 4 rings (SSSR count). The number of hydrogen-bond donors (Lipinski definition) is 2. The van der Waals surface area contributed by atoms with Crippen LogP contribution >= 0.6 is 0 Å². The first kappa shape index (κ1) is 24.6. The van der Waals surface area contributed by atoms with Gasteiger partial charge < -0.3 is 10.2 Å². The van der Waals surface area contributed by atoms with E-state index >= 15 is 0 Å². The summed E-state index contributed by atoms with van der Waals surface area (Å²) >= 11 is 0. The highest BCUT2D eigenvalue weighted by atomic mass is 16.1. The van der Waals surface area contributed by atoms with E-state index in [0.717, 1.165) is 36.3 Å². The summed E-state index contributed by atoms with van der Waals surface area (Å²) in [5.74, 6) is 1.16. The summed E-state index contributed by atoms with van der Waals surface area (Å²) in [6, 6.07) is 12.3. The summed E-state index contributed by atoms with van der Waals surface area (Å²) in [6.45, 7) is 10.2. The molecule has 35 heavy (non-hydrogen) atoms. The van der Waals surface area contributed by atoms with E-state index in [1.54, 1.807) is 4.52 Å². The van der Waals surface area contributed by atoms with Crippen molar-refractivity contribution in [3.8, 4) is 11.4 Å². The third kappa shape index (κ3) is 5.77. The third-order valence-corrected chi connectivity index (χ3v) is 6.03. The molecular weight excluding hydrogens is 438 g/mol. The van der Waals surface area contributed by atoms with Crippen molar-refractivity contribution in [1.29, 1.82) is 0 Å². The van der Waals surface area contributed by atoms with Crippen LogP contribution in [0.15, 0.2) is 47.4 Å². The molecular formula is C27H35N7O. The Bertz CT molecular complexity index is 1340. The first-order chi connectivity index (χ1) is 16.6. The number of aromatic nitrogens is 5. The smallest absolute Gasteiger partial charge is 0.270 e. The molecule has 0 spiro atoms. The van der Waals surface area contributed by atoms with Gasteiger partial charge in [0.05, 0.1) is 5.56 Å². The predicted octanol–water partition coefficient (Wildman–Crippen LogP) is 4.04. The molecule has 0 atom stereocenters. The summed E-state index contributed by atoms with van der Waals surface area (Å²) in [4.78, 5) is 29.1. The van der Waals surface area contributed by atoms with E-state index in [2.05, 4.69) is 79.4 Å². The Morgan fingerprint density at radius 2 is 1.80 bits per heavy atom. The SMILES string of the molecule is Cc1ccc(Cc2c(=O)[nH]n3c(NCCCN(C)C)nc(-c4ccc(C(C)(C)C)cc4)nc23)cn1. The molecule has 0 bridgehead atoms. The molecule has 0 unspecified atom stereocenters. The van der Waals surface area contributed by atoms with Crippen LogP contribution in [0, 0.1) is 6.92 Å². The Morgan fingerprint density at radius 1 is 1.06 bits per heavy atom. The van der Waals surface area contributed by atoms with Gasteiger partial charge in [-0.05, 0) is 56.6 Å². The molecule has 0 fully saturated rings. The van der Waals surface area contributed by atoms with E-state index in [-0.39, 0.29) is 11.0 Å². The molecule has 0 aliphatic heterocycles. The Hall–Kier alpha value is -3.52. The summed E-state index contributed by atoms with van der Waals surface area (Å²) in [7, 11) is 4.11. The van der Waals surface area contributed by atoms with Crippen LogP contribution in [0.3, 0.4) is 0 Å². The Kier molecular flexibility index (Phi) is 7.03. The largest absolute Gasteiger partial charge is 0.354 e. The van der Waals surface area contributed by atoms with Crippen LogP contribution in [0.4, 0.5) is 5.95 Å². The fraction of sp³-hybridized carbons (Fsp3) is 0.407. The molecule has 0 saturated heterocycles. The topological polar surface area (TPSA) is 91.2 Å². The van der Waals surface area contributed by atoms with Gasteiger partial charge in [0.2, 0.25) is 5.95 Å². The average molecular weight is 474 g/mol. The molecule has 3 aromatic heterocycles. The molecule has 8 heteroatoms. The molecule has 0 radical (unpaired) electrons. The van der Waals surface area contributed by atoms with Crippen LogP contribution in [0.5, 0.6) is 0 Å². The first-order valence-corrected chi connectivity index (χ1v) is 12.0. The first-order valence-electron chi connectivity index (χ1n) is 12.0. The predicted molar refractivity (Wildman–Crippen MR) is 141 cm³/mol. The van der Waals surface area contributed by atoms with Gasteiger partial charge >= 0.3 is 0 Å². The van der Waals surface area contributed by atoms with Crippen molar-refractivity contribution in [1.82, 2.24) is 29.5 Å². The van der Waals surface area contributed by atoms with Gasteiger partial charge in [0.1, 0.15) is 0 Å². The number of nitrogens with zero attached hydrogens (tertiary/aromatic N) is 5. The lowest BCUT2D eigenvalue weighted by Gasteiger charge is -2.19. The quantitative estimate of drug-likeness (QED) is 0.375. The summed E-state index contributed by atoms with van der Waals surface area (Å²) in [5, 5.41) is 6.33. The fourth-order valence-electron chi connectivity index (χ4n) is 3.93. The number of aryl methyl sites for hydroxylation is 1. The molecule has 2 N–H and O–H groups in total. The zero-order valence-electron chi connectivity index (χ0n) is 21.5. The Labute approximate surface area is 206 Å². The van der Waals surface area contributed by atoms with Crippen molar-refractivity contribution >= 4 is 11.6 Å². The van der Waals surface area contributed by atoms with Gasteiger partial charge in [-0.15, -0.1) is 0 Å². The molecule has 184 valence electrons. The second-order valence-electron chi connectivity index (χ2n) is 10.3. The van der Waals surface area contributed by atoms with E-state index in [4.69, 9.17) is 9.97 Å². The highest BCUT2D eigenvalue weighted by Crippen LogP contribution is 2.26. The minimum Gasteiger partial charge on any atom is -0.354 e. The maximum absolute atomic E-state index is 13.0.